The molecule has 1 N–H and O–H groups in total. The number of methoxy groups -OCH3 is 2. The van der Waals surface area contributed by atoms with E-state index in [1.54, 1.807) is 36.5 Å². The highest BCUT2D eigenvalue weighted by molar-refractivity contribution is 6.04. The maximum absolute atomic E-state index is 12.6. The molecule has 7 heteroatoms. The third kappa shape index (κ3) is 3.16. The quantitative estimate of drug-likeness (QED) is 0.788. The van der Waals surface area contributed by atoms with Gasteiger partial charge in [-0.2, -0.15) is 0 Å². The number of fused-ring (bicyclic) bond motifs is 1. The number of rotatable bonds is 4. The van der Waals surface area contributed by atoms with Gasteiger partial charge in [0.15, 0.2) is 0 Å². The van der Waals surface area contributed by atoms with Crippen molar-refractivity contribution in [2.24, 2.45) is 0 Å². The molecule has 2 aromatic heterocycles. The van der Waals surface area contributed by atoms with Crippen LogP contribution < -0.4 is 20.3 Å². The normalized spacial score (nSPS) is 10.5. The van der Waals surface area contributed by atoms with Crippen LogP contribution in [0.4, 0.5) is 5.69 Å². The Hall–Kier alpha value is -3.35. The van der Waals surface area contributed by atoms with Crippen LogP contribution in [-0.2, 0) is 0 Å². The summed E-state index contributed by atoms with van der Waals surface area (Å²) in [4.78, 5) is 29.3. The first-order valence-corrected chi connectivity index (χ1v) is 7.55. The van der Waals surface area contributed by atoms with E-state index in [9.17, 15) is 9.59 Å². The second kappa shape index (κ2) is 6.64. The third-order valence-electron chi connectivity index (χ3n) is 3.76. The first kappa shape index (κ1) is 16.5. The Morgan fingerprint density at radius 2 is 1.96 bits per heavy atom. The SMILES string of the molecule is COc1ccc(OC)c(NC(=O)c2cnc3cc(C)ccn3c2=O)c1. The molecule has 3 rings (SSSR count). The van der Waals surface area contributed by atoms with E-state index >= 15 is 0 Å². The van der Waals surface area contributed by atoms with Crippen molar-refractivity contribution in [3.05, 3.63) is 64.2 Å². The van der Waals surface area contributed by atoms with Crippen LogP contribution in [0.2, 0.25) is 0 Å². The van der Waals surface area contributed by atoms with E-state index in [-0.39, 0.29) is 5.56 Å². The van der Waals surface area contributed by atoms with Crippen LogP contribution in [0.1, 0.15) is 15.9 Å². The molecule has 0 radical (unpaired) electrons. The number of carbonyl (C=O) groups excluding carboxylic acids is 1. The molecule has 3 aromatic rings. The van der Waals surface area contributed by atoms with Gasteiger partial charge in [-0.1, -0.05) is 0 Å². The summed E-state index contributed by atoms with van der Waals surface area (Å²) in [6.45, 7) is 1.90. The molecule has 0 fully saturated rings. The Bertz CT molecular complexity index is 1010. The molecular formula is C18H17N3O4. The molecular weight excluding hydrogens is 322 g/mol. The molecule has 0 saturated carbocycles. The summed E-state index contributed by atoms with van der Waals surface area (Å²) in [5.41, 5.74) is 1.36. The van der Waals surface area contributed by atoms with Crippen molar-refractivity contribution >= 4 is 17.2 Å². The zero-order chi connectivity index (χ0) is 18.0. The topological polar surface area (TPSA) is 81.9 Å². The van der Waals surface area contributed by atoms with Gasteiger partial charge in [0.05, 0.1) is 19.9 Å². The highest BCUT2D eigenvalue weighted by Gasteiger charge is 2.16. The van der Waals surface area contributed by atoms with Gasteiger partial charge < -0.3 is 14.8 Å². The van der Waals surface area contributed by atoms with E-state index in [2.05, 4.69) is 10.3 Å². The lowest BCUT2D eigenvalue weighted by Crippen LogP contribution is -2.26. The lowest BCUT2D eigenvalue weighted by Gasteiger charge is -2.12. The number of anilines is 1. The number of aromatic nitrogens is 2. The van der Waals surface area contributed by atoms with Crippen LogP contribution >= 0.6 is 0 Å². The summed E-state index contributed by atoms with van der Waals surface area (Å²) in [6, 6.07) is 8.55. The molecule has 0 aliphatic rings. The highest BCUT2D eigenvalue weighted by Crippen LogP contribution is 2.29. The maximum atomic E-state index is 12.6. The summed E-state index contributed by atoms with van der Waals surface area (Å²) < 4.78 is 11.7. The molecule has 2 heterocycles. The van der Waals surface area contributed by atoms with Gasteiger partial charge >= 0.3 is 0 Å². The number of carbonyl (C=O) groups is 1. The Kier molecular flexibility index (Phi) is 4.38. The molecule has 0 bridgehead atoms. The summed E-state index contributed by atoms with van der Waals surface area (Å²) in [6.07, 6.45) is 2.88. The Morgan fingerprint density at radius 1 is 1.16 bits per heavy atom. The molecule has 0 unspecified atom stereocenters. The van der Waals surface area contributed by atoms with E-state index in [1.165, 1.54) is 24.8 Å². The highest BCUT2D eigenvalue weighted by atomic mass is 16.5. The molecule has 128 valence electrons. The number of pyridine rings is 1. The smallest absolute Gasteiger partial charge is 0.270 e. The third-order valence-corrected chi connectivity index (χ3v) is 3.76. The average molecular weight is 339 g/mol. The number of nitrogens with zero attached hydrogens (tertiary/aromatic N) is 2. The molecule has 1 amide bonds. The van der Waals surface area contributed by atoms with Gasteiger partial charge in [0.2, 0.25) is 0 Å². The second-order valence-electron chi connectivity index (χ2n) is 5.43. The van der Waals surface area contributed by atoms with Gasteiger partial charge in [0, 0.05) is 18.5 Å². The first-order chi connectivity index (χ1) is 12.0. The summed E-state index contributed by atoms with van der Waals surface area (Å²) >= 11 is 0. The van der Waals surface area contributed by atoms with Gasteiger partial charge in [0.1, 0.15) is 22.7 Å². The number of hydrogen-bond acceptors (Lipinski definition) is 5. The van der Waals surface area contributed by atoms with Crippen LogP contribution in [0.25, 0.3) is 5.65 Å². The molecule has 7 nitrogen and oxygen atoms in total. The van der Waals surface area contributed by atoms with Crippen molar-refractivity contribution in [1.29, 1.82) is 0 Å². The monoisotopic (exact) mass is 339 g/mol. The fraction of sp³-hybridized carbons (Fsp3) is 0.167. The second-order valence-corrected chi connectivity index (χ2v) is 5.43. The van der Waals surface area contributed by atoms with Crippen molar-refractivity contribution < 1.29 is 14.3 Å². The van der Waals surface area contributed by atoms with Crippen molar-refractivity contribution in [2.45, 2.75) is 6.92 Å². The van der Waals surface area contributed by atoms with Gasteiger partial charge in [-0.15, -0.1) is 0 Å². The largest absolute Gasteiger partial charge is 0.497 e. The van der Waals surface area contributed by atoms with Gasteiger partial charge in [0.25, 0.3) is 11.5 Å². The minimum absolute atomic E-state index is 0.0637. The number of ether oxygens (including phenoxy) is 2. The van der Waals surface area contributed by atoms with E-state index in [1.807, 2.05) is 6.92 Å². The number of amides is 1. The van der Waals surface area contributed by atoms with Crippen molar-refractivity contribution in [3.8, 4) is 11.5 Å². The fourth-order valence-corrected chi connectivity index (χ4v) is 2.43. The zero-order valence-electron chi connectivity index (χ0n) is 14.1. The van der Waals surface area contributed by atoms with Crippen LogP contribution in [0.5, 0.6) is 11.5 Å². The summed E-state index contributed by atoms with van der Waals surface area (Å²) in [5, 5.41) is 2.67. The van der Waals surface area contributed by atoms with E-state index < -0.39 is 11.5 Å². The molecule has 1 aromatic carbocycles. The minimum Gasteiger partial charge on any atom is -0.497 e. The Balaban J connectivity index is 1.99. The molecule has 0 spiro atoms. The van der Waals surface area contributed by atoms with Crippen LogP contribution in [0.3, 0.4) is 0 Å². The molecule has 0 atom stereocenters. The van der Waals surface area contributed by atoms with Gasteiger partial charge in [-0.05, 0) is 36.8 Å². The standard InChI is InChI=1S/C18H17N3O4/c1-11-6-7-21-16(8-11)19-10-13(18(21)23)17(22)20-14-9-12(24-2)4-5-15(14)25-3/h4-10H,1-3H3,(H,20,22). The summed E-state index contributed by atoms with van der Waals surface area (Å²) in [5.74, 6) is 0.442. The van der Waals surface area contributed by atoms with Gasteiger partial charge in [-0.3, -0.25) is 14.0 Å². The lowest BCUT2D eigenvalue weighted by molar-refractivity contribution is 0.102. The lowest BCUT2D eigenvalue weighted by atomic mass is 10.2. The first-order valence-electron chi connectivity index (χ1n) is 7.55. The van der Waals surface area contributed by atoms with Crippen molar-refractivity contribution in [2.75, 3.05) is 19.5 Å². The van der Waals surface area contributed by atoms with Gasteiger partial charge in [-0.25, -0.2) is 4.98 Å². The van der Waals surface area contributed by atoms with E-state index in [4.69, 9.17) is 9.47 Å². The van der Waals surface area contributed by atoms with E-state index in [0.717, 1.165) is 5.56 Å². The summed E-state index contributed by atoms with van der Waals surface area (Å²) in [7, 11) is 3.02. The number of aryl methyl sites for hydroxylation is 1. The molecule has 0 saturated heterocycles. The van der Waals surface area contributed by atoms with Crippen molar-refractivity contribution in [1.82, 2.24) is 9.38 Å². The molecule has 0 aliphatic heterocycles. The number of nitrogens with one attached hydrogen (secondary N) is 1. The average Bonchev–Trinajstić information content (AvgIpc) is 2.61. The Labute approximate surface area is 143 Å². The predicted octanol–water partition coefficient (Wildman–Crippen LogP) is 2.27. The molecule has 25 heavy (non-hydrogen) atoms. The fourth-order valence-electron chi connectivity index (χ4n) is 2.43. The van der Waals surface area contributed by atoms with E-state index in [0.29, 0.717) is 22.8 Å². The molecule has 0 aliphatic carbocycles. The zero-order valence-corrected chi connectivity index (χ0v) is 14.1. The van der Waals surface area contributed by atoms with Crippen LogP contribution in [0, 0.1) is 6.92 Å². The maximum Gasteiger partial charge on any atom is 0.270 e. The van der Waals surface area contributed by atoms with Crippen molar-refractivity contribution in [3.63, 3.8) is 0 Å². The number of benzene rings is 1. The Morgan fingerprint density at radius 3 is 2.68 bits per heavy atom. The van der Waals surface area contributed by atoms with Crippen LogP contribution in [-0.4, -0.2) is 29.5 Å². The minimum atomic E-state index is -0.570. The number of hydrogen-bond donors (Lipinski definition) is 1. The predicted molar refractivity (Wildman–Crippen MR) is 93.7 cm³/mol. The van der Waals surface area contributed by atoms with Crippen LogP contribution in [0.15, 0.2) is 47.5 Å².